The maximum absolute atomic E-state index is 4.33. The molecule has 2 aromatic rings. The third-order valence-electron chi connectivity index (χ3n) is 3.69. The highest BCUT2D eigenvalue weighted by Gasteiger charge is 2.20. The molecule has 1 aliphatic heterocycles. The molecular weight excluding hydrogens is 222 g/mol. The highest BCUT2D eigenvalue weighted by molar-refractivity contribution is 5.35. The summed E-state index contributed by atoms with van der Waals surface area (Å²) in [5.41, 5.74) is 2.78. The zero-order valence-electron chi connectivity index (χ0n) is 10.9. The second-order valence-electron chi connectivity index (χ2n) is 5.21. The van der Waals surface area contributed by atoms with Crippen LogP contribution in [0.25, 0.3) is 0 Å². The molecule has 0 aliphatic carbocycles. The highest BCUT2D eigenvalue weighted by atomic mass is 15.2. The number of hydrogen-bond acceptors (Lipinski definition) is 2. The van der Waals surface area contributed by atoms with Crippen LogP contribution in [0.1, 0.15) is 43.4 Å². The first kappa shape index (κ1) is 11.3. The Labute approximate surface area is 108 Å². The number of benzene rings is 1. The van der Waals surface area contributed by atoms with Crippen LogP contribution in [0, 0.1) is 0 Å². The number of nitrogens with one attached hydrogen (secondary N) is 1. The van der Waals surface area contributed by atoms with Crippen molar-refractivity contribution in [2.24, 2.45) is 0 Å². The number of anilines is 1. The molecule has 3 rings (SSSR count). The Morgan fingerprint density at radius 2 is 2.06 bits per heavy atom. The lowest BCUT2D eigenvalue weighted by Crippen LogP contribution is -2.23. The molecule has 18 heavy (non-hydrogen) atoms. The van der Waals surface area contributed by atoms with E-state index in [2.05, 4.69) is 59.2 Å². The van der Waals surface area contributed by atoms with Crippen molar-refractivity contribution in [3.8, 4) is 0 Å². The summed E-state index contributed by atoms with van der Waals surface area (Å²) in [6, 6.07) is 9.44. The standard InChI is InChI=1S/C15H19N3/c1-11(2)12-3-5-13(6-4-12)14-7-8-16-15-17-9-10-18(14)15/h3-6,9-11,14H,7-8H2,1-2H3,(H,16,17). The monoisotopic (exact) mass is 241 g/mol. The van der Waals surface area contributed by atoms with Crippen LogP contribution in [-0.4, -0.2) is 16.1 Å². The van der Waals surface area contributed by atoms with Gasteiger partial charge in [0.15, 0.2) is 0 Å². The molecule has 3 nitrogen and oxygen atoms in total. The average Bonchev–Trinajstić information content (AvgIpc) is 2.87. The molecule has 1 atom stereocenters. The quantitative estimate of drug-likeness (QED) is 0.873. The number of nitrogens with zero attached hydrogens (tertiary/aromatic N) is 2. The number of fused-ring (bicyclic) bond motifs is 1. The maximum atomic E-state index is 4.33. The number of aromatic nitrogens is 2. The van der Waals surface area contributed by atoms with E-state index in [4.69, 9.17) is 0 Å². The first-order chi connectivity index (χ1) is 8.75. The molecule has 3 heteroatoms. The van der Waals surface area contributed by atoms with E-state index in [1.54, 1.807) is 0 Å². The topological polar surface area (TPSA) is 29.9 Å². The van der Waals surface area contributed by atoms with Crippen molar-refractivity contribution in [2.45, 2.75) is 32.2 Å². The molecule has 2 heterocycles. The van der Waals surface area contributed by atoms with Gasteiger partial charge < -0.3 is 9.88 Å². The summed E-state index contributed by atoms with van der Waals surface area (Å²) < 4.78 is 2.23. The average molecular weight is 241 g/mol. The molecule has 0 spiro atoms. The molecule has 1 aliphatic rings. The summed E-state index contributed by atoms with van der Waals surface area (Å²) in [5, 5.41) is 3.32. The second-order valence-corrected chi connectivity index (χ2v) is 5.21. The van der Waals surface area contributed by atoms with Crippen molar-refractivity contribution in [3.63, 3.8) is 0 Å². The highest BCUT2D eigenvalue weighted by Crippen LogP contribution is 2.29. The molecule has 0 amide bonds. The summed E-state index contributed by atoms with van der Waals surface area (Å²) in [6.45, 7) is 5.45. The fraction of sp³-hybridized carbons (Fsp3) is 0.400. The van der Waals surface area contributed by atoms with Gasteiger partial charge in [-0.3, -0.25) is 0 Å². The molecule has 0 bridgehead atoms. The van der Waals surface area contributed by atoms with Crippen molar-refractivity contribution < 1.29 is 0 Å². The van der Waals surface area contributed by atoms with Gasteiger partial charge in [-0.15, -0.1) is 0 Å². The van der Waals surface area contributed by atoms with Crippen LogP contribution in [0.2, 0.25) is 0 Å². The summed E-state index contributed by atoms with van der Waals surface area (Å²) >= 11 is 0. The Bertz CT molecular complexity index is 525. The summed E-state index contributed by atoms with van der Waals surface area (Å²) in [7, 11) is 0. The minimum Gasteiger partial charge on any atom is -0.356 e. The van der Waals surface area contributed by atoms with E-state index in [0.717, 1.165) is 18.9 Å². The summed E-state index contributed by atoms with van der Waals surface area (Å²) in [4.78, 5) is 4.33. The van der Waals surface area contributed by atoms with Crippen LogP contribution in [0.4, 0.5) is 5.95 Å². The lowest BCUT2D eigenvalue weighted by molar-refractivity contribution is 0.530. The van der Waals surface area contributed by atoms with Gasteiger partial charge in [0.25, 0.3) is 0 Å². The van der Waals surface area contributed by atoms with Gasteiger partial charge in [0.05, 0.1) is 6.04 Å². The minimum absolute atomic E-state index is 0.421. The van der Waals surface area contributed by atoms with Crippen LogP contribution in [-0.2, 0) is 0 Å². The van der Waals surface area contributed by atoms with E-state index in [-0.39, 0.29) is 0 Å². The Kier molecular flexibility index (Phi) is 2.82. The zero-order chi connectivity index (χ0) is 12.5. The lowest BCUT2D eigenvalue weighted by Gasteiger charge is -2.26. The van der Waals surface area contributed by atoms with Crippen molar-refractivity contribution >= 4 is 5.95 Å². The zero-order valence-corrected chi connectivity index (χ0v) is 10.9. The number of imidazole rings is 1. The van der Waals surface area contributed by atoms with Crippen LogP contribution in [0.3, 0.4) is 0 Å². The molecule has 1 N–H and O–H groups in total. The van der Waals surface area contributed by atoms with Gasteiger partial charge in [0, 0.05) is 18.9 Å². The summed E-state index contributed by atoms with van der Waals surface area (Å²) in [6.07, 6.45) is 5.04. The smallest absolute Gasteiger partial charge is 0.203 e. The lowest BCUT2D eigenvalue weighted by atomic mass is 9.97. The third-order valence-corrected chi connectivity index (χ3v) is 3.69. The van der Waals surface area contributed by atoms with E-state index in [0.29, 0.717) is 12.0 Å². The van der Waals surface area contributed by atoms with Crippen molar-refractivity contribution in [3.05, 3.63) is 47.8 Å². The Morgan fingerprint density at radius 1 is 1.28 bits per heavy atom. The van der Waals surface area contributed by atoms with Crippen molar-refractivity contribution in [1.82, 2.24) is 9.55 Å². The Balaban J connectivity index is 1.92. The third kappa shape index (κ3) is 1.90. The van der Waals surface area contributed by atoms with E-state index in [9.17, 15) is 0 Å². The molecule has 0 fully saturated rings. The fourth-order valence-corrected chi connectivity index (χ4v) is 2.59. The predicted octanol–water partition coefficient (Wildman–Crippen LogP) is 3.41. The first-order valence-corrected chi connectivity index (χ1v) is 6.62. The largest absolute Gasteiger partial charge is 0.356 e. The van der Waals surface area contributed by atoms with Gasteiger partial charge in [-0.25, -0.2) is 4.98 Å². The van der Waals surface area contributed by atoms with E-state index in [1.807, 2.05) is 6.20 Å². The molecule has 94 valence electrons. The van der Waals surface area contributed by atoms with Gasteiger partial charge in [-0.05, 0) is 23.5 Å². The van der Waals surface area contributed by atoms with Crippen LogP contribution >= 0.6 is 0 Å². The molecule has 1 unspecified atom stereocenters. The van der Waals surface area contributed by atoms with Gasteiger partial charge in [0.1, 0.15) is 0 Å². The summed E-state index contributed by atoms with van der Waals surface area (Å²) in [5.74, 6) is 1.58. The van der Waals surface area contributed by atoms with Crippen LogP contribution in [0.5, 0.6) is 0 Å². The van der Waals surface area contributed by atoms with E-state index < -0.39 is 0 Å². The molecule has 1 aromatic carbocycles. The van der Waals surface area contributed by atoms with Gasteiger partial charge in [-0.2, -0.15) is 0 Å². The van der Waals surface area contributed by atoms with Crippen molar-refractivity contribution in [2.75, 3.05) is 11.9 Å². The Morgan fingerprint density at radius 3 is 2.78 bits per heavy atom. The van der Waals surface area contributed by atoms with Crippen LogP contribution < -0.4 is 5.32 Å². The molecule has 1 aromatic heterocycles. The normalized spacial score (nSPS) is 18.5. The van der Waals surface area contributed by atoms with Crippen molar-refractivity contribution in [1.29, 1.82) is 0 Å². The number of rotatable bonds is 2. The molecule has 0 saturated carbocycles. The van der Waals surface area contributed by atoms with Gasteiger partial charge in [-0.1, -0.05) is 38.1 Å². The first-order valence-electron chi connectivity index (χ1n) is 6.62. The van der Waals surface area contributed by atoms with E-state index in [1.165, 1.54) is 11.1 Å². The SMILES string of the molecule is CC(C)c1ccc(C2CCNc3nccn32)cc1. The Hall–Kier alpha value is -1.77. The molecule has 0 saturated heterocycles. The van der Waals surface area contributed by atoms with E-state index >= 15 is 0 Å². The van der Waals surface area contributed by atoms with Crippen LogP contribution in [0.15, 0.2) is 36.7 Å². The number of hydrogen-bond donors (Lipinski definition) is 1. The minimum atomic E-state index is 0.421. The maximum Gasteiger partial charge on any atom is 0.203 e. The van der Waals surface area contributed by atoms with Gasteiger partial charge in [0.2, 0.25) is 5.95 Å². The molecular formula is C15H19N3. The second kappa shape index (κ2) is 4.48. The fourth-order valence-electron chi connectivity index (χ4n) is 2.59. The molecule has 0 radical (unpaired) electrons. The van der Waals surface area contributed by atoms with Gasteiger partial charge >= 0.3 is 0 Å². The predicted molar refractivity (Wildman–Crippen MR) is 74.0 cm³/mol.